The standard InChI is InChI=1S/C12H8F3N3O/c13-12(14,15)9-3-1-8(2-4-9)11(19)18-10-7-16-5-6-17-10/h1-7H,(H,17,18,19). The highest BCUT2D eigenvalue weighted by atomic mass is 19.4. The molecule has 0 bridgehead atoms. The van der Waals surface area contributed by atoms with E-state index in [1.807, 2.05) is 0 Å². The first-order valence-electron chi connectivity index (χ1n) is 5.21. The second-order valence-corrected chi connectivity index (χ2v) is 3.62. The van der Waals surface area contributed by atoms with E-state index in [0.29, 0.717) is 0 Å². The van der Waals surface area contributed by atoms with Crippen molar-refractivity contribution < 1.29 is 18.0 Å². The molecular formula is C12H8F3N3O. The van der Waals surface area contributed by atoms with E-state index in [1.165, 1.54) is 18.6 Å². The smallest absolute Gasteiger partial charge is 0.305 e. The van der Waals surface area contributed by atoms with Crippen LogP contribution in [0.4, 0.5) is 19.0 Å². The van der Waals surface area contributed by atoms with Crippen LogP contribution in [0.2, 0.25) is 0 Å². The monoisotopic (exact) mass is 267 g/mol. The van der Waals surface area contributed by atoms with Crippen molar-refractivity contribution in [3.63, 3.8) is 0 Å². The quantitative estimate of drug-likeness (QED) is 0.910. The number of halogens is 3. The van der Waals surface area contributed by atoms with Crippen LogP contribution in [0, 0.1) is 0 Å². The van der Waals surface area contributed by atoms with Crippen molar-refractivity contribution in [2.45, 2.75) is 6.18 Å². The maximum absolute atomic E-state index is 12.3. The minimum absolute atomic E-state index is 0.110. The Bertz CT molecular complexity index is 567. The summed E-state index contributed by atoms with van der Waals surface area (Å²) in [5.41, 5.74) is -0.692. The minimum Gasteiger partial charge on any atom is -0.305 e. The molecule has 4 nitrogen and oxygen atoms in total. The Morgan fingerprint density at radius 2 is 1.79 bits per heavy atom. The molecule has 0 saturated heterocycles. The number of amides is 1. The average molecular weight is 267 g/mol. The molecule has 0 aliphatic carbocycles. The molecule has 2 rings (SSSR count). The number of hydrogen-bond acceptors (Lipinski definition) is 3. The van der Waals surface area contributed by atoms with Crippen LogP contribution in [0.15, 0.2) is 42.9 Å². The van der Waals surface area contributed by atoms with Crippen LogP contribution in [-0.2, 0) is 6.18 Å². The van der Waals surface area contributed by atoms with Gasteiger partial charge in [-0.2, -0.15) is 13.2 Å². The number of nitrogens with zero attached hydrogens (tertiary/aromatic N) is 2. The number of hydrogen-bond donors (Lipinski definition) is 1. The Hall–Kier alpha value is -2.44. The van der Waals surface area contributed by atoms with Gasteiger partial charge in [0.2, 0.25) is 0 Å². The maximum Gasteiger partial charge on any atom is 0.416 e. The second-order valence-electron chi connectivity index (χ2n) is 3.62. The number of aromatic nitrogens is 2. The van der Waals surface area contributed by atoms with Crippen molar-refractivity contribution in [1.82, 2.24) is 9.97 Å². The van der Waals surface area contributed by atoms with Crippen LogP contribution in [-0.4, -0.2) is 15.9 Å². The molecule has 1 N–H and O–H groups in total. The van der Waals surface area contributed by atoms with Gasteiger partial charge in [0.25, 0.3) is 5.91 Å². The number of carbonyl (C=O) groups excluding carboxylic acids is 1. The normalized spacial score (nSPS) is 11.1. The third-order valence-corrected chi connectivity index (χ3v) is 2.28. The number of carbonyl (C=O) groups is 1. The summed E-state index contributed by atoms with van der Waals surface area (Å²) in [6.45, 7) is 0. The van der Waals surface area contributed by atoms with E-state index in [2.05, 4.69) is 15.3 Å². The van der Waals surface area contributed by atoms with Gasteiger partial charge in [0, 0.05) is 18.0 Å². The highest BCUT2D eigenvalue weighted by Gasteiger charge is 2.30. The van der Waals surface area contributed by atoms with E-state index in [0.717, 1.165) is 24.3 Å². The molecule has 0 spiro atoms. The first-order valence-corrected chi connectivity index (χ1v) is 5.21. The van der Waals surface area contributed by atoms with Crippen LogP contribution in [0.25, 0.3) is 0 Å². The molecule has 2 aromatic rings. The molecule has 0 aliphatic rings. The highest BCUT2D eigenvalue weighted by Crippen LogP contribution is 2.29. The Morgan fingerprint density at radius 3 is 2.32 bits per heavy atom. The first-order chi connectivity index (χ1) is 8.97. The van der Waals surface area contributed by atoms with Crippen LogP contribution < -0.4 is 5.32 Å². The molecular weight excluding hydrogens is 259 g/mol. The summed E-state index contributed by atoms with van der Waals surface area (Å²) < 4.78 is 37.0. The molecule has 1 amide bonds. The predicted molar refractivity (Wildman–Crippen MR) is 61.4 cm³/mol. The van der Waals surface area contributed by atoms with Crippen LogP contribution >= 0.6 is 0 Å². The van der Waals surface area contributed by atoms with Crippen LogP contribution in [0.1, 0.15) is 15.9 Å². The maximum atomic E-state index is 12.3. The Labute approximate surface area is 106 Å². The van der Waals surface area contributed by atoms with Gasteiger partial charge >= 0.3 is 6.18 Å². The summed E-state index contributed by atoms with van der Waals surface area (Å²) in [7, 11) is 0. The molecule has 7 heteroatoms. The molecule has 1 aromatic carbocycles. The average Bonchev–Trinajstić information content (AvgIpc) is 2.39. The molecule has 0 radical (unpaired) electrons. The molecule has 0 fully saturated rings. The van der Waals surface area contributed by atoms with E-state index < -0.39 is 17.6 Å². The van der Waals surface area contributed by atoms with Gasteiger partial charge in [-0.15, -0.1) is 0 Å². The first kappa shape index (κ1) is 13.0. The van der Waals surface area contributed by atoms with Gasteiger partial charge in [0.05, 0.1) is 11.8 Å². The lowest BCUT2D eigenvalue weighted by Gasteiger charge is -2.07. The van der Waals surface area contributed by atoms with Gasteiger partial charge < -0.3 is 5.32 Å². The summed E-state index contributed by atoms with van der Waals surface area (Å²) in [5, 5.41) is 2.42. The topological polar surface area (TPSA) is 54.9 Å². The molecule has 0 atom stereocenters. The number of rotatable bonds is 2. The summed E-state index contributed by atoms with van der Waals surface area (Å²) in [6, 6.07) is 3.92. The fourth-order valence-corrected chi connectivity index (χ4v) is 1.36. The molecule has 1 heterocycles. The minimum atomic E-state index is -4.42. The van der Waals surface area contributed by atoms with Gasteiger partial charge in [0.1, 0.15) is 0 Å². The number of benzene rings is 1. The van der Waals surface area contributed by atoms with Crippen molar-refractivity contribution in [1.29, 1.82) is 0 Å². The second kappa shape index (κ2) is 5.05. The molecule has 0 aliphatic heterocycles. The third kappa shape index (κ3) is 3.27. The summed E-state index contributed by atoms with van der Waals surface area (Å²) in [6.07, 6.45) is -0.252. The van der Waals surface area contributed by atoms with E-state index in [9.17, 15) is 18.0 Å². The van der Waals surface area contributed by atoms with E-state index >= 15 is 0 Å². The van der Waals surface area contributed by atoms with E-state index in [-0.39, 0.29) is 11.4 Å². The lowest BCUT2D eigenvalue weighted by atomic mass is 10.1. The summed E-state index contributed by atoms with van der Waals surface area (Å²) in [5.74, 6) is -0.318. The predicted octanol–water partition coefficient (Wildman–Crippen LogP) is 2.75. The Morgan fingerprint density at radius 1 is 1.11 bits per heavy atom. The fraction of sp³-hybridized carbons (Fsp3) is 0.0833. The van der Waals surface area contributed by atoms with Gasteiger partial charge in [0.15, 0.2) is 5.82 Å². The Kier molecular flexibility index (Phi) is 3.46. The number of alkyl halides is 3. The number of nitrogens with one attached hydrogen (secondary N) is 1. The van der Waals surface area contributed by atoms with Crippen molar-refractivity contribution in [3.8, 4) is 0 Å². The lowest BCUT2D eigenvalue weighted by Crippen LogP contribution is -2.13. The van der Waals surface area contributed by atoms with E-state index in [1.54, 1.807) is 0 Å². The Balaban J connectivity index is 2.12. The zero-order valence-electron chi connectivity index (χ0n) is 9.48. The summed E-state index contributed by atoms with van der Waals surface area (Å²) in [4.78, 5) is 19.3. The van der Waals surface area contributed by atoms with Crippen LogP contribution in [0.3, 0.4) is 0 Å². The van der Waals surface area contributed by atoms with Crippen molar-refractivity contribution in [2.24, 2.45) is 0 Å². The highest BCUT2D eigenvalue weighted by molar-refractivity contribution is 6.03. The fourth-order valence-electron chi connectivity index (χ4n) is 1.36. The third-order valence-electron chi connectivity index (χ3n) is 2.28. The zero-order chi connectivity index (χ0) is 13.9. The van der Waals surface area contributed by atoms with Crippen molar-refractivity contribution >= 4 is 11.7 Å². The van der Waals surface area contributed by atoms with Crippen molar-refractivity contribution in [3.05, 3.63) is 54.0 Å². The van der Waals surface area contributed by atoms with Gasteiger partial charge in [-0.05, 0) is 24.3 Å². The molecule has 98 valence electrons. The zero-order valence-corrected chi connectivity index (χ0v) is 9.48. The SMILES string of the molecule is O=C(Nc1cnccn1)c1ccc(C(F)(F)F)cc1. The molecule has 0 unspecified atom stereocenters. The van der Waals surface area contributed by atoms with Gasteiger partial charge in [-0.1, -0.05) is 0 Å². The van der Waals surface area contributed by atoms with Gasteiger partial charge in [-0.25, -0.2) is 4.98 Å². The molecule has 1 aromatic heterocycles. The summed E-state index contributed by atoms with van der Waals surface area (Å²) >= 11 is 0. The molecule has 0 saturated carbocycles. The van der Waals surface area contributed by atoms with Crippen molar-refractivity contribution in [2.75, 3.05) is 5.32 Å². The van der Waals surface area contributed by atoms with Crippen LogP contribution in [0.5, 0.6) is 0 Å². The number of anilines is 1. The lowest BCUT2D eigenvalue weighted by molar-refractivity contribution is -0.137. The van der Waals surface area contributed by atoms with E-state index in [4.69, 9.17) is 0 Å². The largest absolute Gasteiger partial charge is 0.416 e. The molecule has 19 heavy (non-hydrogen) atoms. The van der Waals surface area contributed by atoms with Gasteiger partial charge in [-0.3, -0.25) is 9.78 Å².